The number of hydrogen-bond donors (Lipinski definition) is 1. The summed E-state index contributed by atoms with van der Waals surface area (Å²) in [5, 5.41) is 9.63. The Hall–Kier alpha value is -2.16. The molecule has 0 spiro atoms. The van der Waals surface area contributed by atoms with Crippen molar-refractivity contribution in [1.29, 1.82) is 0 Å². The molecule has 0 saturated heterocycles. The Kier molecular flexibility index (Phi) is 3.42. The van der Waals surface area contributed by atoms with Crippen molar-refractivity contribution in [2.75, 3.05) is 0 Å². The average molecular weight is 246 g/mol. The minimum atomic E-state index is -0.622. The molecule has 92 valence electrons. The fraction of sp³-hybridized carbons (Fsp3) is 0.0667. The molecule has 0 bridgehead atoms. The van der Waals surface area contributed by atoms with Crippen LogP contribution in [0.2, 0.25) is 0 Å². The van der Waals surface area contributed by atoms with Crippen LogP contribution in [0.15, 0.2) is 49.1 Å². The highest BCUT2D eigenvalue weighted by atomic mass is 19.1. The van der Waals surface area contributed by atoms with E-state index in [2.05, 4.69) is 6.58 Å². The van der Waals surface area contributed by atoms with Crippen molar-refractivity contribution in [3.63, 3.8) is 0 Å². The van der Waals surface area contributed by atoms with Gasteiger partial charge in [-0.15, -0.1) is 6.58 Å². The first-order valence-corrected chi connectivity index (χ1v) is 5.49. The molecule has 0 saturated carbocycles. The fourth-order valence-corrected chi connectivity index (χ4v) is 1.80. The lowest BCUT2D eigenvalue weighted by molar-refractivity contribution is 0.470. The zero-order valence-electron chi connectivity index (χ0n) is 9.66. The van der Waals surface area contributed by atoms with E-state index in [0.717, 1.165) is 6.07 Å². The largest absolute Gasteiger partial charge is 0.508 e. The van der Waals surface area contributed by atoms with Crippen molar-refractivity contribution in [3.8, 4) is 16.9 Å². The predicted octanol–water partition coefficient (Wildman–Crippen LogP) is 4.07. The maximum atomic E-state index is 13.1. The Labute approximate surface area is 104 Å². The number of hydrogen-bond acceptors (Lipinski definition) is 1. The molecule has 0 fully saturated rings. The monoisotopic (exact) mass is 246 g/mol. The van der Waals surface area contributed by atoms with Crippen LogP contribution in [0, 0.1) is 11.6 Å². The van der Waals surface area contributed by atoms with Gasteiger partial charge in [-0.05, 0) is 47.4 Å². The van der Waals surface area contributed by atoms with Crippen molar-refractivity contribution < 1.29 is 13.9 Å². The van der Waals surface area contributed by atoms with Crippen LogP contribution < -0.4 is 0 Å². The van der Waals surface area contributed by atoms with Crippen LogP contribution in [0.1, 0.15) is 5.56 Å². The van der Waals surface area contributed by atoms with Gasteiger partial charge in [0.1, 0.15) is 17.4 Å². The maximum absolute atomic E-state index is 13.1. The lowest BCUT2D eigenvalue weighted by Gasteiger charge is -2.07. The molecule has 0 amide bonds. The lowest BCUT2D eigenvalue weighted by atomic mass is 10.0. The second kappa shape index (κ2) is 5.00. The van der Waals surface area contributed by atoms with Crippen LogP contribution in [0.25, 0.3) is 11.1 Å². The normalized spacial score (nSPS) is 10.3. The van der Waals surface area contributed by atoms with Gasteiger partial charge >= 0.3 is 0 Å². The van der Waals surface area contributed by atoms with Gasteiger partial charge in [-0.25, -0.2) is 8.78 Å². The maximum Gasteiger partial charge on any atom is 0.126 e. The standard InChI is InChI=1S/C15H12F2O/c1-2-3-11-6-10(4-5-15(11)18)12-7-13(16)9-14(17)8-12/h2,4-9,18H,1,3H2. The Morgan fingerprint density at radius 2 is 1.67 bits per heavy atom. The summed E-state index contributed by atoms with van der Waals surface area (Å²) in [6.07, 6.45) is 2.16. The van der Waals surface area contributed by atoms with E-state index in [9.17, 15) is 13.9 Å². The average Bonchev–Trinajstić information content (AvgIpc) is 2.31. The molecule has 0 aromatic heterocycles. The van der Waals surface area contributed by atoms with Crippen LogP contribution in [-0.2, 0) is 6.42 Å². The summed E-state index contributed by atoms with van der Waals surface area (Å²) in [5.41, 5.74) is 1.77. The van der Waals surface area contributed by atoms with E-state index in [0.29, 0.717) is 23.1 Å². The summed E-state index contributed by atoms with van der Waals surface area (Å²) in [4.78, 5) is 0. The number of rotatable bonds is 3. The molecule has 0 unspecified atom stereocenters. The number of aromatic hydroxyl groups is 1. The molecule has 1 nitrogen and oxygen atoms in total. The fourth-order valence-electron chi connectivity index (χ4n) is 1.80. The smallest absolute Gasteiger partial charge is 0.126 e. The van der Waals surface area contributed by atoms with Gasteiger partial charge in [0.25, 0.3) is 0 Å². The number of allylic oxidation sites excluding steroid dienone is 1. The zero-order chi connectivity index (χ0) is 13.1. The molecule has 1 N–H and O–H groups in total. The minimum absolute atomic E-state index is 0.149. The summed E-state index contributed by atoms with van der Waals surface area (Å²) < 4.78 is 26.3. The second-order valence-electron chi connectivity index (χ2n) is 3.99. The Morgan fingerprint density at radius 3 is 2.28 bits per heavy atom. The molecule has 0 aliphatic heterocycles. The summed E-state index contributed by atoms with van der Waals surface area (Å²) in [6.45, 7) is 3.60. The number of halogens is 2. The van der Waals surface area contributed by atoms with Crippen LogP contribution in [0.5, 0.6) is 5.75 Å². The Bertz CT molecular complexity index is 571. The Morgan fingerprint density at radius 1 is 1.00 bits per heavy atom. The van der Waals surface area contributed by atoms with Gasteiger partial charge in [-0.3, -0.25) is 0 Å². The predicted molar refractivity (Wildman–Crippen MR) is 67.4 cm³/mol. The summed E-state index contributed by atoms with van der Waals surface area (Å²) in [7, 11) is 0. The van der Waals surface area contributed by atoms with E-state index < -0.39 is 11.6 Å². The second-order valence-corrected chi connectivity index (χ2v) is 3.99. The van der Waals surface area contributed by atoms with Gasteiger partial charge in [-0.2, -0.15) is 0 Å². The SMILES string of the molecule is C=CCc1cc(-c2cc(F)cc(F)c2)ccc1O. The van der Waals surface area contributed by atoms with Crippen molar-refractivity contribution >= 4 is 0 Å². The molecule has 0 radical (unpaired) electrons. The highest BCUT2D eigenvalue weighted by Gasteiger charge is 2.06. The van der Waals surface area contributed by atoms with Gasteiger partial charge in [0.2, 0.25) is 0 Å². The van der Waals surface area contributed by atoms with Gasteiger partial charge in [0.05, 0.1) is 0 Å². The van der Waals surface area contributed by atoms with Crippen molar-refractivity contribution in [1.82, 2.24) is 0 Å². The quantitative estimate of drug-likeness (QED) is 0.809. The van der Waals surface area contributed by atoms with Crippen molar-refractivity contribution in [3.05, 3.63) is 66.3 Å². The number of benzene rings is 2. The van der Waals surface area contributed by atoms with E-state index in [4.69, 9.17) is 0 Å². The molecular formula is C15H12F2O. The zero-order valence-corrected chi connectivity index (χ0v) is 9.66. The molecule has 2 aromatic carbocycles. The summed E-state index contributed by atoms with van der Waals surface area (Å²) >= 11 is 0. The highest BCUT2D eigenvalue weighted by molar-refractivity contribution is 5.65. The third-order valence-corrected chi connectivity index (χ3v) is 2.64. The van der Waals surface area contributed by atoms with E-state index in [1.165, 1.54) is 18.2 Å². The molecule has 0 atom stereocenters. The topological polar surface area (TPSA) is 20.2 Å². The Balaban J connectivity index is 2.50. The molecular weight excluding hydrogens is 234 g/mol. The highest BCUT2D eigenvalue weighted by Crippen LogP contribution is 2.27. The van der Waals surface area contributed by atoms with E-state index in [1.807, 2.05) is 0 Å². The van der Waals surface area contributed by atoms with Gasteiger partial charge < -0.3 is 5.11 Å². The minimum Gasteiger partial charge on any atom is -0.508 e. The molecule has 0 aliphatic rings. The van der Waals surface area contributed by atoms with Crippen molar-refractivity contribution in [2.45, 2.75) is 6.42 Å². The van der Waals surface area contributed by atoms with Gasteiger partial charge in [-0.1, -0.05) is 12.1 Å². The first kappa shape index (κ1) is 12.3. The number of phenols is 1. The first-order chi connectivity index (χ1) is 8.60. The van der Waals surface area contributed by atoms with E-state index in [-0.39, 0.29) is 5.75 Å². The van der Waals surface area contributed by atoms with Crippen LogP contribution >= 0.6 is 0 Å². The lowest BCUT2D eigenvalue weighted by Crippen LogP contribution is -1.87. The van der Waals surface area contributed by atoms with Crippen molar-refractivity contribution in [2.24, 2.45) is 0 Å². The van der Waals surface area contributed by atoms with Crippen LogP contribution in [0.3, 0.4) is 0 Å². The van der Waals surface area contributed by atoms with Gasteiger partial charge in [0, 0.05) is 6.07 Å². The third kappa shape index (κ3) is 2.56. The molecule has 18 heavy (non-hydrogen) atoms. The van der Waals surface area contributed by atoms with E-state index >= 15 is 0 Å². The number of phenolic OH excluding ortho intramolecular Hbond substituents is 1. The third-order valence-electron chi connectivity index (χ3n) is 2.64. The molecule has 3 heteroatoms. The molecule has 2 aromatic rings. The summed E-state index contributed by atoms with van der Waals surface area (Å²) in [5.74, 6) is -1.10. The molecule has 2 rings (SSSR count). The van der Waals surface area contributed by atoms with E-state index in [1.54, 1.807) is 18.2 Å². The molecule has 0 aliphatic carbocycles. The first-order valence-electron chi connectivity index (χ1n) is 5.49. The molecule has 0 heterocycles. The van der Waals surface area contributed by atoms with Gasteiger partial charge in [0.15, 0.2) is 0 Å². The van der Waals surface area contributed by atoms with Crippen LogP contribution in [0.4, 0.5) is 8.78 Å². The van der Waals surface area contributed by atoms with Crippen LogP contribution in [-0.4, -0.2) is 5.11 Å². The summed E-state index contributed by atoms with van der Waals surface area (Å²) in [6, 6.07) is 8.17.